The van der Waals surface area contributed by atoms with E-state index in [-0.39, 0.29) is 11.9 Å². The van der Waals surface area contributed by atoms with Gasteiger partial charge in [0.2, 0.25) is 0 Å². The minimum Gasteiger partial charge on any atom is -0.497 e. The number of carbonyl (C=O) groups excluding carboxylic acids is 1. The van der Waals surface area contributed by atoms with Crippen LogP contribution >= 0.6 is 0 Å². The van der Waals surface area contributed by atoms with E-state index in [4.69, 9.17) is 4.74 Å². The number of aromatic nitrogens is 1. The molecule has 0 radical (unpaired) electrons. The Kier molecular flexibility index (Phi) is 5.50. The van der Waals surface area contributed by atoms with E-state index >= 15 is 0 Å². The highest BCUT2D eigenvalue weighted by Gasteiger charge is 2.32. The Balaban J connectivity index is 1.52. The van der Waals surface area contributed by atoms with Crippen LogP contribution in [0.2, 0.25) is 0 Å². The smallest absolute Gasteiger partial charge is 0.282 e. The van der Waals surface area contributed by atoms with Gasteiger partial charge in [-0.05, 0) is 37.3 Å². The van der Waals surface area contributed by atoms with Crippen molar-refractivity contribution in [1.29, 1.82) is 0 Å². The summed E-state index contributed by atoms with van der Waals surface area (Å²) in [5.74, 6) is 1.97. The lowest BCUT2D eigenvalue weighted by Gasteiger charge is -2.31. The normalized spacial score (nSPS) is 16.3. The topological polar surface area (TPSA) is 60.1 Å². The molecule has 3 N–H and O–H groups in total. The number of aromatic amines is 1. The highest BCUT2D eigenvalue weighted by Crippen LogP contribution is 2.15. The number of quaternary nitrogens is 1. The first-order valence-electron chi connectivity index (χ1n) is 8.68. The Hall–Kier alpha value is -2.60. The van der Waals surface area contributed by atoms with Crippen LogP contribution in [0.5, 0.6) is 5.75 Å². The largest absolute Gasteiger partial charge is 0.497 e. The Bertz CT molecular complexity index is 682. The Morgan fingerprint density at radius 1 is 1.20 bits per heavy atom. The van der Waals surface area contributed by atoms with Gasteiger partial charge in [0.25, 0.3) is 11.7 Å². The second kappa shape index (κ2) is 7.98. The summed E-state index contributed by atoms with van der Waals surface area (Å²) in [6.07, 6.45) is 1.94. The zero-order valence-corrected chi connectivity index (χ0v) is 14.8. The van der Waals surface area contributed by atoms with Crippen LogP contribution < -0.4 is 24.8 Å². The van der Waals surface area contributed by atoms with Crippen molar-refractivity contribution in [3.63, 3.8) is 0 Å². The van der Waals surface area contributed by atoms with E-state index in [1.807, 2.05) is 49.5 Å². The van der Waals surface area contributed by atoms with Crippen LogP contribution in [0, 0.1) is 0 Å². The lowest BCUT2D eigenvalue weighted by atomic mass is 10.2. The quantitative estimate of drug-likeness (QED) is 0.818. The summed E-state index contributed by atoms with van der Waals surface area (Å²) in [6, 6.07) is 13.5. The Morgan fingerprint density at radius 2 is 1.92 bits per heavy atom. The summed E-state index contributed by atoms with van der Waals surface area (Å²) in [5.41, 5.74) is 0.801. The first kappa shape index (κ1) is 17.2. The van der Waals surface area contributed by atoms with Gasteiger partial charge in [0, 0.05) is 11.8 Å². The molecule has 0 bridgehead atoms. The Morgan fingerprint density at radius 3 is 2.52 bits per heavy atom. The molecule has 1 atom stereocenters. The van der Waals surface area contributed by atoms with Crippen LogP contribution in [0.25, 0.3) is 0 Å². The van der Waals surface area contributed by atoms with E-state index in [2.05, 4.69) is 21.3 Å². The molecule has 6 heteroatoms. The fourth-order valence-electron chi connectivity index (χ4n) is 3.16. The summed E-state index contributed by atoms with van der Waals surface area (Å²) in [7, 11) is 1.63. The van der Waals surface area contributed by atoms with Crippen molar-refractivity contribution in [2.75, 3.05) is 43.5 Å². The number of anilines is 2. The van der Waals surface area contributed by atoms with E-state index < -0.39 is 0 Å². The summed E-state index contributed by atoms with van der Waals surface area (Å²) in [5, 5.41) is 3.00. The molecule has 1 aliphatic rings. The number of nitrogens with zero attached hydrogens (tertiary/aromatic N) is 1. The Labute approximate surface area is 148 Å². The van der Waals surface area contributed by atoms with E-state index in [0.717, 1.165) is 43.4 Å². The number of hydrogen-bond acceptors (Lipinski definition) is 3. The third kappa shape index (κ3) is 4.28. The van der Waals surface area contributed by atoms with E-state index in [0.29, 0.717) is 0 Å². The first-order valence-corrected chi connectivity index (χ1v) is 8.68. The van der Waals surface area contributed by atoms with Gasteiger partial charge in [-0.3, -0.25) is 9.69 Å². The number of benzene rings is 1. The number of hydrogen-bond donors (Lipinski definition) is 2. The zero-order valence-electron chi connectivity index (χ0n) is 14.8. The molecular weight excluding hydrogens is 316 g/mol. The van der Waals surface area contributed by atoms with Crippen LogP contribution in [0.4, 0.5) is 11.5 Å². The summed E-state index contributed by atoms with van der Waals surface area (Å²) < 4.78 is 5.14. The fourth-order valence-corrected chi connectivity index (χ4v) is 3.16. The van der Waals surface area contributed by atoms with Crippen LogP contribution in [-0.2, 0) is 4.79 Å². The third-order valence-electron chi connectivity index (χ3n) is 4.80. The SMILES string of the molecule is COc1ccc(NC(=O)[C@H](C)[NH+]2CCN(c3cccc[nH+]3)CC2)cc1. The van der Waals surface area contributed by atoms with E-state index in [1.54, 1.807) is 7.11 Å². The number of rotatable bonds is 5. The molecule has 1 aromatic heterocycles. The van der Waals surface area contributed by atoms with Gasteiger partial charge in [0.05, 0.1) is 13.3 Å². The number of H-pyrrole nitrogens is 1. The van der Waals surface area contributed by atoms with Crippen molar-refractivity contribution in [1.82, 2.24) is 0 Å². The molecule has 0 unspecified atom stereocenters. The molecule has 132 valence electrons. The standard InChI is InChI=1S/C19H24N4O2/c1-15(19(24)21-16-6-8-17(25-2)9-7-16)22-11-13-23(14-12-22)18-5-3-4-10-20-18/h3-10,15H,11-14H2,1-2H3,(H,21,24)/p+2/t15-/m0/s1. The van der Waals surface area contributed by atoms with Crippen molar-refractivity contribution in [3.8, 4) is 5.75 Å². The third-order valence-corrected chi connectivity index (χ3v) is 4.80. The van der Waals surface area contributed by atoms with Gasteiger partial charge < -0.3 is 15.0 Å². The monoisotopic (exact) mass is 342 g/mol. The van der Waals surface area contributed by atoms with E-state index in [1.165, 1.54) is 4.90 Å². The number of nitrogens with one attached hydrogen (secondary N) is 3. The number of carbonyl (C=O) groups is 1. The van der Waals surface area contributed by atoms with Gasteiger partial charge >= 0.3 is 0 Å². The molecule has 1 saturated heterocycles. The molecular formula is C19H26N4O2+2. The highest BCUT2D eigenvalue weighted by molar-refractivity contribution is 5.93. The molecule has 1 aliphatic heterocycles. The molecule has 6 nitrogen and oxygen atoms in total. The maximum atomic E-state index is 12.5. The summed E-state index contributed by atoms with van der Waals surface area (Å²) in [4.78, 5) is 19.5. The van der Waals surface area contributed by atoms with Crippen molar-refractivity contribution in [3.05, 3.63) is 48.7 Å². The molecule has 1 fully saturated rings. The lowest BCUT2D eigenvalue weighted by Crippen LogP contribution is -3.19. The van der Waals surface area contributed by atoms with Crippen LogP contribution in [0.3, 0.4) is 0 Å². The summed E-state index contributed by atoms with van der Waals surface area (Å²) in [6.45, 7) is 5.77. The average molecular weight is 342 g/mol. The van der Waals surface area contributed by atoms with Gasteiger partial charge in [0.1, 0.15) is 31.9 Å². The van der Waals surface area contributed by atoms with Gasteiger partial charge in [-0.15, -0.1) is 0 Å². The minimum atomic E-state index is -0.0796. The van der Waals surface area contributed by atoms with Crippen molar-refractivity contribution in [2.24, 2.45) is 0 Å². The van der Waals surface area contributed by atoms with E-state index in [9.17, 15) is 4.79 Å². The van der Waals surface area contributed by atoms with Gasteiger partial charge in [-0.25, -0.2) is 4.98 Å². The van der Waals surface area contributed by atoms with Crippen molar-refractivity contribution >= 4 is 17.4 Å². The second-order valence-electron chi connectivity index (χ2n) is 6.33. The van der Waals surface area contributed by atoms with Crippen molar-refractivity contribution < 1.29 is 19.4 Å². The van der Waals surface area contributed by atoms with Crippen LogP contribution in [-0.4, -0.2) is 45.2 Å². The van der Waals surface area contributed by atoms with Crippen molar-refractivity contribution in [2.45, 2.75) is 13.0 Å². The van der Waals surface area contributed by atoms with Gasteiger partial charge in [0.15, 0.2) is 6.04 Å². The minimum absolute atomic E-state index is 0.0555. The van der Waals surface area contributed by atoms with Gasteiger partial charge in [-0.2, -0.15) is 0 Å². The molecule has 2 heterocycles. The first-order chi connectivity index (χ1) is 12.2. The number of amides is 1. The van der Waals surface area contributed by atoms with Gasteiger partial charge in [-0.1, -0.05) is 6.07 Å². The molecule has 1 amide bonds. The summed E-state index contributed by atoms with van der Waals surface area (Å²) >= 11 is 0. The average Bonchev–Trinajstić information content (AvgIpc) is 2.69. The van der Waals surface area contributed by atoms with Crippen LogP contribution in [0.1, 0.15) is 6.92 Å². The lowest BCUT2D eigenvalue weighted by molar-refractivity contribution is -0.914. The fraction of sp³-hybridized carbons (Fsp3) is 0.368. The number of pyridine rings is 1. The zero-order chi connectivity index (χ0) is 17.6. The second-order valence-corrected chi connectivity index (χ2v) is 6.33. The molecule has 25 heavy (non-hydrogen) atoms. The predicted molar refractivity (Wildman–Crippen MR) is 97.0 cm³/mol. The maximum absolute atomic E-state index is 12.5. The van der Waals surface area contributed by atoms with Crippen LogP contribution in [0.15, 0.2) is 48.7 Å². The molecule has 0 saturated carbocycles. The molecule has 2 aromatic rings. The molecule has 0 spiro atoms. The molecule has 0 aliphatic carbocycles. The highest BCUT2D eigenvalue weighted by atomic mass is 16.5. The number of ether oxygens (including phenoxy) is 1. The number of piperazine rings is 1. The molecule has 1 aromatic carbocycles. The number of methoxy groups -OCH3 is 1. The maximum Gasteiger partial charge on any atom is 0.282 e. The predicted octanol–water partition coefficient (Wildman–Crippen LogP) is 0.241. The molecule has 3 rings (SSSR count).